The number of hydrogen-bond acceptors (Lipinski definition) is 4. The summed E-state index contributed by atoms with van der Waals surface area (Å²) in [6.07, 6.45) is 0.574. The van der Waals surface area contributed by atoms with Gasteiger partial charge in [-0.05, 0) is 24.7 Å². The van der Waals surface area contributed by atoms with E-state index >= 15 is 0 Å². The maximum absolute atomic E-state index is 5.93. The fraction of sp³-hybridized carbons (Fsp3) is 0.273. The lowest BCUT2D eigenvalue weighted by atomic mass is 10.1. The monoisotopic (exact) mass is 271 g/mol. The van der Waals surface area contributed by atoms with Crippen molar-refractivity contribution in [2.45, 2.75) is 13.0 Å². The van der Waals surface area contributed by atoms with Gasteiger partial charge < -0.3 is 9.84 Å². The van der Waals surface area contributed by atoms with E-state index in [-0.39, 0.29) is 0 Å². The van der Waals surface area contributed by atoms with Gasteiger partial charge in [0.05, 0.1) is 16.6 Å². The first kappa shape index (κ1) is 12.4. The molecule has 1 N–H and O–H groups in total. The van der Waals surface area contributed by atoms with Crippen molar-refractivity contribution in [2.24, 2.45) is 0 Å². The average molecular weight is 272 g/mol. The van der Waals surface area contributed by atoms with Gasteiger partial charge in [-0.3, -0.25) is 0 Å². The molecule has 0 aliphatic heterocycles. The highest BCUT2D eigenvalue weighted by Gasteiger charge is 2.07. The smallest absolute Gasteiger partial charge is 0.240 e. The van der Waals surface area contributed by atoms with Gasteiger partial charge in [-0.25, -0.2) is 0 Å². The van der Waals surface area contributed by atoms with E-state index in [1.165, 1.54) is 0 Å². The van der Waals surface area contributed by atoms with E-state index in [9.17, 15) is 0 Å². The van der Waals surface area contributed by atoms with E-state index in [1.807, 2.05) is 13.1 Å². The van der Waals surface area contributed by atoms with E-state index < -0.39 is 0 Å². The number of rotatable bonds is 4. The molecule has 1 heterocycles. The lowest BCUT2D eigenvalue weighted by Gasteiger charge is -1.99. The minimum Gasteiger partial charge on any atom is -0.338 e. The van der Waals surface area contributed by atoms with Crippen molar-refractivity contribution in [3.05, 3.63) is 45.5 Å². The van der Waals surface area contributed by atoms with Crippen molar-refractivity contribution < 1.29 is 4.52 Å². The number of hydrogen-bond donors (Lipinski definition) is 1. The first-order chi connectivity index (χ1) is 8.19. The first-order valence-corrected chi connectivity index (χ1v) is 5.84. The molecule has 0 fully saturated rings. The van der Waals surface area contributed by atoms with Crippen LogP contribution in [0.2, 0.25) is 10.0 Å². The van der Waals surface area contributed by atoms with Gasteiger partial charge in [-0.1, -0.05) is 34.4 Å². The Kier molecular flexibility index (Phi) is 3.99. The van der Waals surface area contributed by atoms with Crippen molar-refractivity contribution in [1.82, 2.24) is 15.5 Å². The van der Waals surface area contributed by atoms with E-state index in [0.717, 1.165) is 5.56 Å². The summed E-state index contributed by atoms with van der Waals surface area (Å²) in [4.78, 5) is 4.23. The van der Waals surface area contributed by atoms with Crippen LogP contribution in [0.5, 0.6) is 0 Å². The standard InChI is InChI=1S/C11H11Cl2N3O/c1-14-6-11-15-10(16-17-11)5-7-2-3-8(12)9(13)4-7/h2-4,14H,5-6H2,1H3. The SMILES string of the molecule is CNCc1nc(Cc2ccc(Cl)c(Cl)c2)no1. The van der Waals surface area contributed by atoms with Gasteiger partial charge in [0, 0.05) is 6.42 Å². The third-order valence-corrected chi connectivity index (χ3v) is 2.92. The fourth-order valence-corrected chi connectivity index (χ4v) is 1.74. The van der Waals surface area contributed by atoms with Gasteiger partial charge >= 0.3 is 0 Å². The molecule has 0 atom stereocenters. The molecule has 0 bridgehead atoms. The van der Waals surface area contributed by atoms with Gasteiger partial charge in [0.1, 0.15) is 0 Å². The molecule has 0 radical (unpaired) electrons. The molecule has 2 rings (SSSR count). The highest BCUT2D eigenvalue weighted by molar-refractivity contribution is 6.42. The Morgan fingerprint density at radius 2 is 2.12 bits per heavy atom. The highest BCUT2D eigenvalue weighted by Crippen LogP contribution is 2.23. The fourth-order valence-electron chi connectivity index (χ4n) is 1.42. The number of nitrogens with zero attached hydrogens (tertiary/aromatic N) is 2. The minimum absolute atomic E-state index is 0.531. The Balaban J connectivity index is 2.11. The van der Waals surface area contributed by atoms with Gasteiger partial charge in [-0.2, -0.15) is 4.98 Å². The van der Waals surface area contributed by atoms with Crippen LogP contribution in [0.15, 0.2) is 22.7 Å². The molecule has 0 aliphatic rings. The van der Waals surface area contributed by atoms with Crippen molar-refractivity contribution in [3.8, 4) is 0 Å². The van der Waals surface area contributed by atoms with Crippen molar-refractivity contribution in [3.63, 3.8) is 0 Å². The zero-order valence-electron chi connectivity index (χ0n) is 9.20. The molecule has 6 heteroatoms. The van der Waals surface area contributed by atoms with Crippen LogP contribution in [0.1, 0.15) is 17.3 Å². The lowest BCUT2D eigenvalue weighted by Crippen LogP contribution is -2.05. The zero-order valence-corrected chi connectivity index (χ0v) is 10.7. The molecule has 0 saturated heterocycles. The predicted octanol–water partition coefficient (Wildman–Crippen LogP) is 2.69. The summed E-state index contributed by atoms with van der Waals surface area (Å²) in [5, 5.41) is 7.89. The Bertz CT molecular complexity index is 513. The van der Waals surface area contributed by atoms with Crippen LogP contribution >= 0.6 is 23.2 Å². The Labute approximate surface area is 109 Å². The molecule has 1 aromatic carbocycles. The van der Waals surface area contributed by atoms with Crippen LogP contribution in [0.3, 0.4) is 0 Å². The van der Waals surface area contributed by atoms with Crippen LogP contribution in [-0.2, 0) is 13.0 Å². The molecule has 0 spiro atoms. The van der Waals surface area contributed by atoms with E-state index in [0.29, 0.717) is 34.7 Å². The molecular formula is C11H11Cl2N3O. The van der Waals surface area contributed by atoms with E-state index in [1.54, 1.807) is 12.1 Å². The van der Waals surface area contributed by atoms with Gasteiger partial charge in [0.25, 0.3) is 0 Å². The first-order valence-electron chi connectivity index (χ1n) is 5.09. The summed E-state index contributed by atoms with van der Waals surface area (Å²) < 4.78 is 5.05. The van der Waals surface area contributed by atoms with Crippen LogP contribution in [-0.4, -0.2) is 17.2 Å². The van der Waals surface area contributed by atoms with Crippen molar-refractivity contribution in [2.75, 3.05) is 7.05 Å². The van der Waals surface area contributed by atoms with Gasteiger partial charge in [-0.15, -0.1) is 0 Å². The Morgan fingerprint density at radius 1 is 1.29 bits per heavy atom. The van der Waals surface area contributed by atoms with Gasteiger partial charge in [0.15, 0.2) is 5.82 Å². The molecule has 2 aromatic rings. The van der Waals surface area contributed by atoms with Crippen LogP contribution in [0, 0.1) is 0 Å². The molecule has 0 aliphatic carbocycles. The van der Waals surface area contributed by atoms with E-state index in [4.69, 9.17) is 27.7 Å². The van der Waals surface area contributed by atoms with Gasteiger partial charge in [0.2, 0.25) is 5.89 Å². The molecule has 90 valence electrons. The summed E-state index contributed by atoms with van der Waals surface area (Å²) in [7, 11) is 1.82. The summed E-state index contributed by atoms with van der Waals surface area (Å²) >= 11 is 11.8. The average Bonchev–Trinajstić information content (AvgIpc) is 2.72. The lowest BCUT2D eigenvalue weighted by molar-refractivity contribution is 0.367. The molecule has 4 nitrogen and oxygen atoms in total. The third-order valence-electron chi connectivity index (χ3n) is 2.18. The normalized spacial score (nSPS) is 10.8. The number of nitrogens with one attached hydrogen (secondary N) is 1. The van der Waals surface area contributed by atoms with Crippen molar-refractivity contribution >= 4 is 23.2 Å². The topological polar surface area (TPSA) is 51.0 Å². The summed E-state index contributed by atoms with van der Waals surface area (Å²) in [6, 6.07) is 5.45. The maximum Gasteiger partial charge on any atom is 0.240 e. The molecule has 1 aromatic heterocycles. The second-order valence-electron chi connectivity index (χ2n) is 3.56. The Hall–Kier alpha value is -1.10. The Morgan fingerprint density at radius 3 is 2.82 bits per heavy atom. The van der Waals surface area contributed by atoms with E-state index in [2.05, 4.69) is 15.5 Å². The second-order valence-corrected chi connectivity index (χ2v) is 4.37. The largest absolute Gasteiger partial charge is 0.338 e. The van der Waals surface area contributed by atoms with Crippen LogP contribution < -0.4 is 5.32 Å². The van der Waals surface area contributed by atoms with Crippen LogP contribution in [0.25, 0.3) is 0 Å². The summed E-state index contributed by atoms with van der Waals surface area (Å²) in [5.41, 5.74) is 0.996. The van der Waals surface area contributed by atoms with Crippen molar-refractivity contribution in [1.29, 1.82) is 0 Å². The zero-order chi connectivity index (χ0) is 12.3. The third kappa shape index (κ3) is 3.19. The second kappa shape index (κ2) is 5.49. The number of halogens is 2. The predicted molar refractivity (Wildman–Crippen MR) is 66.3 cm³/mol. The minimum atomic E-state index is 0.531. The maximum atomic E-state index is 5.93. The summed E-state index contributed by atoms with van der Waals surface area (Å²) in [6.45, 7) is 0.564. The molecule has 17 heavy (non-hydrogen) atoms. The molecule has 0 unspecified atom stereocenters. The van der Waals surface area contributed by atoms with Crippen LogP contribution in [0.4, 0.5) is 0 Å². The quantitative estimate of drug-likeness (QED) is 0.929. The summed E-state index contributed by atoms with van der Waals surface area (Å²) in [5.74, 6) is 1.20. The molecule has 0 saturated carbocycles. The number of aromatic nitrogens is 2. The molecular weight excluding hydrogens is 261 g/mol. The number of benzene rings is 1. The molecule has 0 amide bonds. The highest BCUT2D eigenvalue weighted by atomic mass is 35.5.